The predicted octanol–water partition coefficient (Wildman–Crippen LogP) is 4.56. The van der Waals surface area contributed by atoms with Gasteiger partial charge in [-0.2, -0.15) is 0 Å². The average molecular weight is 253 g/mol. The first kappa shape index (κ1) is 12.8. The minimum Gasteiger partial charge on any atom is -0.496 e. The SMILES string of the molecule is COc1c(C)cc2c(c1C)C(Cl)CC(C)CC2. The molecule has 2 atom stereocenters. The van der Waals surface area contributed by atoms with Crippen LogP contribution < -0.4 is 4.74 Å². The molecule has 1 aromatic rings. The molecule has 0 heterocycles. The maximum Gasteiger partial charge on any atom is 0.125 e. The summed E-state index contributed by atoms with van der Waals surface area (Å²) in [6, 6.07) is 2.26. The van der Waals surface area contributed by atoms with E-state index in [2.05, 4.69) is 26.8 Å². The van der Waals surface area contributed by atoms with Gasteiger partial charge < -0.3 is 4.74 Å². The number of aryl methyl sites for hydroxylation is 2. The van der Waals surface area contributed by atoms with Gasteiger partial charge in [0, 0.05) is 0 Å². The van der Waals surface area contributed by atoms with E-state index in [0.717, 1.165) is 18.6 Å². The zero-order chi connectivity index (χ0) is 12.6. The zero-order valence-corrected chi connectivity index (χ0v) is 11.9. The summed E-state index contributed by atoms with van der Waals surface area (Å²) in [4.78, 5) is 0. The monoisotopic (exact) mass is 252 g/mol. The van der Waals surface area contributed by atoms with Crippen LogP contribution in [0.2, 0.25) is 0 Å². The van der Waals surface area contributed by atoms with Crippen LogP contribution in [0.4, 0.5) is 0 Å². The minimum atomic E-state index is 0.136. The molecular weight excluding hydrogens is 232 g/mol. The fraction of sp³-hybridized carbons (Fsp3) is 0.600. The lowest BCUT2D eigenvalue weighted by atomic mass is 9.94. The van der Waals surface area contributed by atoms with E-state index in [4.69, 9.17) is 16.3 Å². The molecule has 94 valence electrons. The zero-order valence-electron chi connectivity index (χ0n) is 11.1. The Hall–Kier alpha value is -0.690. The van der Waals surface area contributed by atoms with Gasteiger partial charge in [0.15, 0.2) is 0 Å². The molecular formula is C15H21ClO. The van der Waals surface area contributed by atoms with Gasteiger partial charge in [-0.3, -0.25) is 0 Å². The summed E-state index contributed by atoms with van der Waals surface area (Å²) in [5.74, 6) is 1.71. The summed E-state index contributed by atoms with van der Waals surface area (Å²) in [6.45, 7) is 6.54. The molecule has 0 amide bonds. The molecule has 1 aliphatic carbocycles. The lowest BCUT2D eigenvalue weighted by molar-refractivity contribution is 0.407. The van der Waals surface area contributed by atoms with Crippen molar-refractivity contribution in [2.75, 3.05) is 7.11 Å². The van der Waals surface area contributed by atoms with E-state index in [9.17, 15) is 0 Å². The van der Waals surface area contributed by atoms with Crippen LogP contribution in [-0.2, 0) is 6.42 Å². The fourth-order valence-electron chi connectivity index (χ4n) is 3.01. The fourth-order valence-corrected chi connectivity index (χ4v) is 3.62. The van der Waals surface area contributed by atoms with Crippen molar-refractivity contribution in [2.45, 2.75) is 45.4 Å². The van der Waals surface area contributed by atoms with E-state index in [0.29, 0.717) is 5.92 Å². The first-order valence-electron chi connectivity index (χ1n) is 6.35. The maximum atomic E-state index is 6.58. The molecule has 2 heteroatoms. The normalized spacial score (nSPS) is 24.1. The number of methoxy groups -OCH3 is 1. The largest absolute Gasteiger partial charge is 0.496 e. The molecule has 0 aliphatic heterocycles. The van der Waals surface area contributed by atoms with Crippen LogP contribution in [0.1, 0.15) is 47.4 Å². The first-order valence-corrected chi connectivity index (χ1v) is 6.79. The van der Waals surface area contributed by atoms with Crippen LogP contribution >= 0.6 is 11.6 Å². The quantitative estimate of drug-likeness (QED) is 0.526. The third kappa shape index (κ3) is 2.30. The molecule has 0 bridgehead atoms. The van der Waals surface area contributed by atoms with E-state index < -0.39 is 0 Å². The highest BCUT2D eigenvalue weighted by molar-refractivity contribution is 6.21. The highest BCUT2D eigenvalue weighted by Crippen LogP contribution is 2.41. The van der Waals surface area contributed by atoms with E-state index in [1.165, 1.54) is 28.7 Å². The molecule has 2 unspecified atom stereocenters. The van der Waals surface area contributed by atoms with Crippen LogP contribution in [0.15, 0.2) is 6.07 Å². The minimum absolute atomic E-state index is 0.136. The molecule has 1 nitrogen and oxygen atoms in total. The third-order valence-electron chi connectivity index (χ3n) is 3.87. The van der Waals surface area contributed by atoms with Crippen molar-refractivity contribution in [3.63, 3.8) is 0 Å². The van der Waals surface area contributed by atoms with Gasteiger partial charge in [-0.05, 0) is 61.3 Å². The molecule has 0 aromatic heterocycles. The van der Waals surface area contributed by atoms with Gasteiger partial charge in [0.25, 0.3) is 0 Å². The number of hydrogen-bond acceptors (Lipinski definition) is 1. The molecule has 0 radical (unpaired) electrons. The van der Waals surface area contributed by atoms with Gasteiger partial charge in [-0.15, -0.1) is 11.6 Å². The summed E-state index contributed by atoms with van der Waals surface area (Å²) < 4.78 is 5.50. The number of rotatable bonds is 1. The van der Waals surface area contributed by atoms with Crippen molar-refractivity contribution in [3.05, 3.63) is 28.3 Å². The van der Waals surface area contributed by atoms with Gasteiger partial charge in [0.1, 0.15) is 5.75 Å². The van der Waals surface area contributed by atoms with Crippen molar-refractivity contribution in [1.29, 1.82) is 0 Å². The Labute approximate surface area is 109 Å². The highest BCUT2D eigenvalue weighted by atomic mass is 35.5. The summed E-state index contributed by atoms with van der Waals surface area (Å²) in [7, 11) is 1.74. The van der Waals surface area contributed by atoms with Crippen LogP contribution in [0.3, 0.4) is 0 Å². The number of ether oxygens (including phenoxy) is 1. The Morgan fingerprint density at radius 2 is 2.06 bits per heavy atom. The van der Waals surface area contributed by atoms with Crippen LogP contribution in [-0.4, -0.2) is 7.11 Å². The van der Waals surface area contributed by atoms with Crippen LogP contribution in [0.5, 0.6) is 5.75 Å². The number of fused-ring (bicyclic) bond motifs is 1. The summed E-state index contributed by atoms with van der Waals surface area (Å²) in [5.41, 5.74) is 5.20. The molecule has 0 spiro atoms. The second-order valence-corrected chi connectivity index (χ2v) is 5.80. The Bertz CT molecular complexity index is 425. The molecule has 2 rings (SSSR count). The van der Waals surface area contributed by atoms with Crippen molar-refractivity contribution < 1.29 is 4.74 Å². The Morgan fingerprint density at radius 1 is 1.35 bits per heavy atom. The number of halogens is 1. The molecule has 17 heavy (non-hydrogen) atoms. The molecule has 0 N–H and O–H groups in total. The molecule has 0 saturated heterocycles. The van der Waals surface area contributed by atoms with Gasteiger partial charge in [-0.25, -0.2) is 0 Å². The van der Waals surface area contributed by atoms with Crippen LogP contribution in [0, 0.1) is 19.8 Å². The van der Waals surface area contributed by atoms with Crippen molar-refractivity contribution in [2.24, 2.45) is 5.92 Å². The summed E-state index contributed by atoms with van der Waals surface area (Å²) >= 11 is 6.58. The van der Waals surface area contributed by atoms with Gasteiger partial charge in [0.05, 0.1) is 12.5 Å². The molecule has 1 aromatic carbocycles. The van der Waals surface area contributed by atoms with E-state index in [1.54, 1.807) is 7.11 Å². The summed E-state index contributed by atoms with van der Waals surface area (Å²) in [5, 5.41) is 0.136. The second kappa shape index (κ2) is 4.89. The topological polar surface area (TPSA) is 9.23 Å². The number of hydrogen-bond donors (Lipinski definition) is 0. The highest BCUT2D eigenvalue weighted by Gasteiger charge is 2.24. The van der Waals surface area contributed by atoms with Gasteiger partial charge >= 0.3 is 0 Å². The molecule has 1 aliphatic rings. The lowest BCUT2D eigenvalue weighted by Gasteiger charge is -2.19. The van der Waals surface area contributed by atoms with Crippen molar-refractivity contribution >= 4 is 11.6 Å². The third-order valence-corrected chi connectivity index (χ3v) is 4.27. The number of benzene rings is 1. The smallest absolute Gasteiger partial charge is 0.125 e. The second-order valence-electron chi connectivity index (χ2n) is 5.27. The van der Waals surface area contributed by atoms with Crippen molar-refractivity contribution in [3.8, 4) is 5.75 Å². The maximum absolute atomic E-state index is 6.58. The Balaban J connectivity index is 2.56. The van der Waals surface area contributed by atoms with E-state index in [1.807, 2.05) is 0 Å². The van der Waals surface area contributed by atoms with E-state index in [-0.39, 0.29) is 5.38 Å². The Morgan fingerprint density at radius 3 is 2.71 bits per heavy atom. The number of alkyl halides is 1. The van der Waals surface area contributed by atoms with Gasteiger partial charge in [-0.1, -0.05) is 13.0 Å². The Kier molecular flexibility index (Phi) is 3.67. The van der Waals surface area contributed by atoms with Crippen LogP contribution in [0.25, 0.3) is 0 Å². The predicted molar refractivity (Wildman–Crippen MR) is 73.2 cm³/mol. The first-order chi connectivity index (χ1) is 8.04. The summed E-state index contributed by atoms with van der Waals surface area (Å²) in [6.07, 6.45) is 3.45. The lowest BCUT2D eigenvalue weighted by Crippen LogP contribution is -2.02. The molecule has 0 saturated carbocycles. The van der Waals surface area contributed by atoms with Gasteiger partial charge in [0.2, 0.25) is 0 Å². The van der Waals surface area contributed by atoms with E-state index >= 15 is 0 Å². The standard InChI is InChI=1S/C15H21ClO/c1-9-5-6-12-8-10(2)15(17-4)11(3)14(12)13(16)7-9/h8-9,13H,5-7H2,1-4H3. The molecule has 0 fully saturated rings. The van der Waals surface area contributed by atoms with Crippen molar-refractivity contribution in [1.82, 2.24) is 0 Å². The average Bonchev–Trinajstić information content (AvgIpc) is 2.38.